The summed E-state index contributed by atoms with van der Waals surface area (Å²) in [7, 11) is -3.74. The number of nitrogens with two attached hydrogens (primary N) is 1. The van der Waals surface area contributed by atoms with Crippen molar-refractivity contribution < 1.29 is 8.42 Å². The molecule has 9 heteroatoms. The van der Waals surface area contributed by atoms with Crippen molar-refractivity contribution in [2.24, 2.45) is 5.14 Å². The molecule has 4 N–H and O–H groups in total. The first-order valence-electron chi connectivity index (χ1n) is 9.68. The van der Waals surface area contributed by atoms with Gasteiger partial charge in [0.2, 0.25) is 16.0 Å². The van der Waals surface area contributed by atoms with Crippen LogP contribution in [-0.2, 0) is 10.0 Å². The molecule has 0 fully saturated rings. The van der Waals surface area contributed by atoms with Gasteiger partial charge in [0.25, 0.3) is 0 Å². The number of rotatable bonds is 6. The van der Waals surface area contributed by atoms with E-state index in [2.05, 4.69) is 39.4 Å². The fraction of sp³-hybridized carbons (Fsp3) is 0.136. The van der Waals surface area contributed by atoms with Crippen LogP contribution in [0.1, 0.15) is 13.8 Å². The van der Waals surface area contributed by atoms with E-state index >= 15 is 0 Å². The molecule has 8 nitrogen and oxygen atoms in total. The van der Waals surface area contributed by atoms with E-state index in [9.17, 15) is 8.42 Å². The Morgan fingerprint density at radius 3 is 2.35 bits per heavy atom. The predicted octanol–water partition coefficient (Wildman–Crippen LogP) is 3.90. The van der Waals surface area contributed by atoms with Gasteiger partial charge >= 0.3 is 0 Å². The van der Waals surface area contributed by atoms with Crippen LogP contribution in [0, 0.1) is 0 Å². The average Bonchev–Trinajstić information content (AvgIpc) is 2.73. The van der Waals surface area contributed by atoms with Crippen molar-refractivity contribution in [1.82, 2.24) is 15.0 Å². The quantitative estimate of drug-likeness (QED) is 0.420. The average molecular weight is 435 g/mol. The monoisotopic (exact) mass is 434 g/mol. The number of pyridine rings is 1. The zero-order valence-corrected chi connectivity index (χ0v) is 17.9. The summed E-state index contributed by atoms with van der Waals surface area (Å²) in [6.45, 7) is 4.13. The Morgan fingerprint density at radius 1 is 0.935 bits per heavy atom. The Kier molecular flexibility index (Phi) is 5.53. The Balaban J connectivity index is 1.66. The van der Waals surface area contributed by atoms with Crippen molar-refractivity contribution in [1.29, 1.82) is 0 Å². The van der Waals surface area contributed by atoms with Crippen molar-refractivity contribution in [2.45, 2.75) is 24.8 Å². The summed E-state index contributed by atoms with van der Waals surface area (Å²) in [5.74, 6) is 1.22. The molecular formula is C22H22N6O2S. The number of primary sulfonamides is 1. The third-order valence-electron chi connectivity index (χ3n) is 4.56. The van der Waals surface area contributed by atoms with Crippen molar-refractivity contribution in [3.63, 3.8) is 0 Å². The predicted molar refractivity (Wildman–Crippen MR) is 123 cm³/mol. The number of fused-ring (bicyclic) bond motifs is 1. The lowest BCUT2D eigenvalue weighted by atomic mass is 10.0. The van der Waals surface area contributed by atoms with Crippen LogP contribution >= 0.6 is 0 Å². The number of para-hydroxylation sites is 1. The minimum Gasteiger partial charge on any atom is -0.368 e. The van der Waals surface area contributed by atoms with E-state index < -0.39 is 10.0 Å². The minimum absolute atomic E-state index is 0.0441. The zero-order chi connectivity index (χ0) is 22.0. The largest absolute Gasteiger partial charge is 0.368 e. The maximum atomic E-state index is 11.4. The molecule has 0 aliphatic carbocycles. The van der Waals surface area contributed by atoms with Crippen LogP contribution in [0.15, 0.2) is 71.9 Å². The van der Waals surface area contributed by atoms with E-state index in [1.807, 2.05) is 36.5 Å². The number of sulfonamides is 1. The van der Waals surface area contributed by atoms with E-state index in [4.69, 9.17) is 5.14 Å². The molecule has 0 saturated carbocycles. The maximum absolute atomic E-state index is 11.4. The molecule has 0 bridgehead atoms. The van der Waals surface area contributed by atoms with Crippen LogP contribution in [0.3, 0.4) is 0 Å². The highest BCUT2D eigenvalue weighted by Crippen LogP contribution is 2.28. The van der Waals surface area contributed by atoms with Crippen LogP contribution in [-0.4, -0.2) is 29.4 Å². The lowest BCUT2D eigenvalue weighted by Crippen LogP contribution is -2.11. The van der Waals surface area contributed by atoms with Gasteiger partial charge < -0.3 is 10.6 Å². The second kappa shape index (κ2) is 8.29. The van der Waals surface area contributed by atoms with E-state index in [0.29, 0.717) is 17.7 Å². The molecule has 158 valence electrons. The molecule has 2 aromatic heterocycles. The van der Waals surface area contributed by atoms with Gasteiger partial charge in [0.1, 0.15) is 5.82 Å². The number of hydrogen-bond acceptors (Lipinski definition) is 7. The first-order chi connectivity index (χ1) is 14.8. The number of nitrogens with zero attached hydrogens (tertiary/aromatic N) is 3. The van der Waals surface area contributed by atoms with Crippen molar-refractivity contribution in [2.75, 3.05) is 10.6 Å². The van der Waals surface area contributed by atoms with Gasteiger partial charge in [0, 0.05) is 40.6 Å². The number of benzene rings is 2. The van der Waals surface area contributed by atoms with Gasteiger partial charge in [-0.3, -0.25) is 0 Å². The second-order valence-electron chi connectivity index (χ2n) is 7.36. The summed E-state index contributed by atoms with van der Waals surface area (Å²) >= 11 is 0. The van der Waals surface area contributed by atoms with Gasteiger partial charge in [0.05, 0.1) is 10.4 Å². The molecule has 0 spiro atoms. The molecule has 0 unspecified atom stereocenters. The molecule has 0 aliphatic heterocycles. The molecule has 0 radical (unpaired) electrons. The van der Waals surface area contributed by atoms with Crippen LogP contribution < -0.4 is 15.8 Å². The number of nitrogens with one attached hydrogen (secondary N) is 2. The lowest BCUT2D eigenvalue weighted by molar-refractivity contribution is 0.598. The van der Waals surface area contributed by atoms with Gasteiger partial charge in [-0.25, -0.2) is 28.5 Å². The lowest BCUT2D eigenvalue weighted by Gasteiger charge is -2.11. The molecule has 0 saturated heterocycles. The summed E-state index contributed by atoms with van der Waals surface area (Å²) in [5.41, 5.74) is 3.32. The normalized spacial score (nSPS) is 11.6. The van der Waals surface area contributed by atoms with E-state index in [1.165, 1.54) is 12.1 Å². The van der Waals surface area contributed by atoms with E-state index in [-0.39, 0.29) is 4.90 Å². The summed E-state index contributed by atoms with van der Waals surface area (Å²) in [6, 6.07) is 16.3. The maximum Gasteiger partial charge on any atom is 0.238 e. The third-order valence-corrected chi connectivity index (χ3v) is 5.49. The first-order valence-corrected chi connectivity index (χ1v) is 11.2. The van der Waals surface area contributed by atoms with Crippen molar-refractivity contribution >= 4 is 38.4 Å². The van der Waals surface area contributed by atoms with Crippen LogP contribution in [0.5, 0.6) is 0 Å². The summed E-state index contributed by atoms with van der Waals surface area (Å²) < 4.78 is 22.8. The second-order valence-corrected chi connectivity index (χ2v) is 8.92. The van der Waals surface area contributed by atoms with Gasteiger partial charge in [-0.05, 0) is 50.2 Å². The smallest absolute Gasteiger partial charge is 0.238 e. The number of aromatic nitrogens is 3. The molecule has 2 heterocycles. The molecule has 0 aliphatic rings. The van der Waals surface area contributed by atoms with E-state index in [0.717, 1.165) is 27.8 Å². The highest BCUT2D eigenvalue weighted by Gasteiger charge is 2.10. The molecule has 0 amide bonds. The third kappa shape index (κ3) is 4.79. The Labute approximate surface area is 180 Å². The Morgan fingerprint density at radius 2 is 1.71 bits per heavy atom. The summed E-state index contributed by atoms with van der Waals surface area (Å²) in [6.07, 6.45) is 3.57. The summed E-state index contributed by atoms with van der Waals surface area (Å²) in [4.78, 5) is 13.6. The molecule has 0 atom stereocenters. The van der Waals surface area contributed by atoms with Gasteiger partial charge in [-0.15, -0.1) is 0 Å². The van der Waals surface area contributed by atoms with Crippen LogP contribution in [0.2, 0.25) is 0 Å². The van der Waals surface area contributed by atoms with Crippen molar-refractivity contribution in [3.05, 3.63) is 67.0 Å². The fourth-order valence-electron chi connectivity index (χ4n) is 3.14. The molecular weight excluding hydrogens is 412 g/mol. The standard InChI is InChI=1S/C22H22N6O2S/c1-14(2)26-20-11-6-15(12-24-20)19-5-3-4-16-13-25-22(28-21(16)19)27-17-7-9-18(10-8-17)31(23,29)30/h3-14H,1-2H3,(H,24,26)(H2,23,29,30)(H,25,27,28). The zero-order valence-electron chi connectivity index (χ0n) is 17.1. The highest BCUT2D eigenvalue weighted by atomic mass is 32.2. The number of hydrogen-bond donors (Lipinski definition) is 3. The topological polar surface area (TPSA) is 123 Å². The fourth-order valence-corrected chi connectivity index (χ4v) is 3.66. The van der Waals surface area contributed by atoms with Crippen LogP contribution in [0.25, 0.3) is 22.0 Å². The minimum atomic E-state index is -3.74. The Bertz CT molecular complexity index is 1320. The van der Waals surface area contributed by atoms with Gasteiger partial charge in [-0.1, -0.05) is 18.2 Å². The molecule has 2 aromatic carbocycles. The molecule has 4 aromatic rings. The Hall–Kier alpha value is -3.56. The summed E-state index contributed by atoms with van der Waals surface area (Å²) in [5, 5.41) is 12.4. The van der Waals surface area contributed by atoms with Crippen molar-refractivity contribution in [3.8, 4) is 11.1 Å². The van der Waals surface area contributed by atoms with E-state index in [1.54, 1.807) is 18.3 Å². The molecule has 4 rings (SSSR count). The molecule has 31 heavy (non-hydrogen) atoms. The first kappa shape index (κ1) is 20.7. The van der Waals surface area contributed by atoms with Crippen LogP contribution in [0.4, 0.5) is 17.5 Å². The number of anilines is 3. The van der Waals surface area contributed by atoms with Gasteiger partial charge in [-0.2, -0.15) is 0 Å². The van der Waals surface area contributed by atoms with Gasteiger partial charge in [0.15, 0.2) is 0 Å². The highest BCUT2D eigenvalue weighted by molar-refractivity contribution is 7.89. The SMILES string of the molecule is CC(C)Nc1ccc(-c2cccc3cnc(Nc4ccc(S(N)(=O)=O)cc4)nc23)cn1.